The fraction of sp³-hybridized carbons (Fsp3) is 0.429. The molecule has 1 unspecified atom stereocenters. The number of hydrogen-bond donors (Lipinski definition) is 1. The first-order valence-corrected chi connectivity index (χ1v) is 9.42. The fourth-order valence-electron chi connectivity index (χ4n) is 3.53. The minimum absolute atomic E-state index is 0.0775. The number of hydrogen-bond acceptors (Lipinski definition) is 5. The third kappa shape index (κ3) is 4.32. The van der Waals surface area contributed by atoms with Crippen LogP contribution < -0.4 is 14.8 Å². The van der Waals surface area contributed by atoms with Gasteiger partial charge in [-0.05, 0) is 49.9 Å². The van der Waals surface area contributed by atoms with Gasteiger partial charge in [0.1, 0.15) is 17.3 Å². The quantitative estimate of drug-likeness (QED) is 0.825. The second-order valence-corrected chi connectivity index (χ2v) is 6.68. The number of amides is 1. The van der Waals surface area contributed by atoms with E-state index in [2.05, 4.69) is 17.2 Å². The van der Waals surface area contributed by atoms with Crippen molar-refractivity contribution in [2.75, 3.05) is 26.1 Å². The maximum Gasteiger partial charge on any atom is 0.254 e. The normalized spacial score (nSPS) is 16.7. The van der Waals surface area contributed by atoms with E-state index in [1.54, 1.807) is 38.6 Å². The molecule has 1 atom stereocenters. The number of pyridine rings is 1. The Balaban J connectivity index is 1.80. The highest BCUT2D eigenvalue weighted by atomic mass is 16.5. The first kappa shape index (κ1) is 19.0. The molecular weight excluding hydrogens is 342 g/mol. The lowest BCUT2D eigenvalue weighted by atomic mass is 9.99. The summed E-state index contributed by atoms with van der Waals surface area (Å²) in [5, 5.41) is 3.24. The van der Waals surface area contributed by atoms with Gasteiger partial charge in [-0.2, -0.15) is 0 Å². The zero-order valence-corrected chi connectivity index (χ0v) is 16.2. The standard InChI is InChI=1S/C21H27N3O3/c1-4-16-7-5-6-12-24(16)21(25)15-10-11-22-20(13-15)23-18-9-8-17(26-2)14-19(18)27-3/h8-11,13-14,16H,4-7,12H2,1-3H3,(H,22,23). The van der Waals surface area contributed by atoms with Gasteiger partial charge in [-0.25, -0.2) is 4.98 Å². The third-order valence-corrected chi connectivity index (χ3v) is 5.04. The highest BCUT2D eigenvalue weighted by molar-refractivity contribution is 5.95. The van der Waals surface area contributed by atoms with Gasteiger partial charge in [-0.15, -0.1) is 0 Å². The number of methoxy groups -OCH3 is 2. The van der Waals surface area contributed by atoms with Crippen LogP contribution in [0.4, 0.5) is 11.5 Å². The molecule has 1 aromatic heterocycles. The molecular formula is C21H27N3O3. The van der Waals surface area contributed by atoms with Crippen molar-refractivity contribution >= 4 is 17.4 Å². The topological polar surface area (TPSA) is 63.7 Å². The molecule has 0 aliphatic carbocycles. The van der Waals surface area contributed by atoms with E-state index in [0.717, 1.165) is 31.5 Å². The highest BCUT2D eigenvalue weighted by Crippen LogP contribution is 2.31. The Morgan fingerprint density at radius 1 is 1.22 bits per heavy atom. The van der Waals surface area contributed by atoms with Crippen molar-refractivity contribution in [3.8, 4) is 11.5 Å². The van der Waals surface area contributed by atoms with E-state index in [9.17, 15) is 4.79 Å². The van der Waals surface area contributed by atoms with E-state index in [0.29, 0.717) is 28.9 Å². The maximum atomic E-state index is 13.0. The van der Waals surface area contributed by atoms with Crippen LogP contribution >= 0.6 is 0 Å². The van der Waals surface area contributed by atoms with Crippen LogP contribution in [0, 0.1) is 0 Å². The van der Waals surface area contributed by atoms with Crippen molar-refractivity contribution < 1.29 is 14.3 Å². The van der Waals surface area contributed by atoms with Crippen molar-refractivity contribution in [1.82, 2.24) is 9.88 Å². The van der Waals surface area contributed by atoms with E-state index >= 15 is 0 Å². The molecule has 1 N–H and O–H groups in total. The van der Waals surface area contributed by atoms with Crippen molar-refractivity contribution in [1.29, 1.82) is 0 Å². The summed E-state index contributed by atoms with van der Waals surface area (Å²) in [6.45, 7) is 2.97. The SMILES string of the molecule is CCC1CCCCN1C(=O)c1ccnc(Nc2ccc(OC)cc2OC)c1. The van der Waals surface area contributed by atoms with Crippen LogP contribution in [0.15, 0.2) is 36.5 Å². The Hall–Kier alpha value is -2.76. The third-order valence-electron chi connectivity index (χ3n) is 5.04. The first-order valence-electron chi connectivity index (χ1n) is 9.42. The summed E-state index contributed by atoms with van der Waals surface area (Å²) in [4.78, 5) is 19.4. The predicted molar refractivity (Wildman–Crippen MR) is 106 cm³/mol. The molecule has 144 valence electrons. The van der Waals surface area contributed by atoms with Gasteiger partial charge in [0.2, 0.25) is 0 Å². The summed E-state index contributed by atoms with van der Waals surface area (Å²) < 4.78 is 10.6. The van der Waals surface area contributed by atoms with Gasteiger partial charge in [0.15, 0.2) is 0 Å². The van der Waals surface area contributed by atoms with E-state index in [1.807, 2.05) is 17.0 Å². The molecule has 1 fully saturated rings. The molecule has 1 aromatic carbocycles. The lowest BCUT2D eigenvalue weighted by Crippen LogP contribution is -2.43. The van der Waals surface area contributed by atoms with Gasteiger partial charge in [-0.3, -0.25) is 4.79 Å². The Kier molecular flexibility index (Phi) is 6.16. The lowest BCUT2D eigenvalue weighted by Gasteiger charge is -2.35. The van der Waals surface area contributed by atoms with Crippen LogP contribution in [0.2, 0.25) is 0 Å². The van der Waals surface area contributed by atoms with Gasteiger partial charge >= 0.3 is 0 Å². The second-order valence-electron chi connectivity index (χ2n) is 6.68. The maximum absolute atomic E-state index is 13.0. The molecule has 2 aromatic rings. The predicted octanol–water partition coefficient (Wildman–Crippen LogP) is 4.25. The Bertz CT molecular complexity index is 794. The van der Waals surface area contributed by atoms with Crippen molar-refractivity contribution in [3.63, 3.8) is 0 Å². The zero-order valence-electron chi connectivity index (χ0n) is 16.2. The monoisotopic (exact) mass is 369 g/mol. The molecule has 3 rings (SSSR count). The minimum Gasteiger partial charge on any atom is -0.497 e. The van der Waals surface area contributed by atoms with E-state index in [-0.39, 0.29) is 5.91 Å². The average molecular weight is 369 g/mol. The molecule has 0 saturated carbocycles. The average Bonchev–Trinajstić information content (AvgIpc) is 2.73. The highest BCUT2D eigenvalue weighted by Gasteiger charge is 2.26. The number of ether oxygens (including phenoxy) is 2. The molecule has 2 heterocycles. The number of rotatable bonds is 6. The Morgan fingerprint density at radius 2 is 2.07 bits per heavy atom. The first-order chi connectivity index (χ1) is 13.2. The van der Waals surface area contributed by atoms with Crippen LogP contribution in [0.3, 0.4) is 0 Å². The van der Waals surface area contributed by atoms with E-state index in [4.69, 9.17) is 9.47 Å². The van der Waals surface area contributed by atoms with E-state index < -0.39 is 0 Å². The van der Waals surface area contributed by atoms with Crippen molar-refractivity contribution in [2.45, 2.75) is 38.6 Å². The van der Waals surface area contributed by atoms with Crippen molar-refractivity contribution in [2.24, 2.45) is 0 Å². The molecule has 6 heteroatoms. The molecule has 0 radical (unpaired) electrons. The Labute approximate surface area is 160 Å². The smallest absolute Gasteiger partial charge is 0.254 e. The second kappa shape index (κ2) is 8.75. The summed E-state index contributed by atoms with van der Waals surface area (Å²) in [5.74, 6) is 2.04. The lowest BCUT2D eigenvalue weighted by molar-refractivity contribution is 0.0608. The molecule has 1 saturated heterocycles. The summed E-state index contributed by atoms with van der Waals surface area (Å²) in [6, 6.07) is 9.42. The number of nitrogens with zero attached hydrogens (tertiary/aromatic N) is 2. The summed E-state index contributed by atoms with van der Waals surface area (Å²) in [6.07, 6.45) is 6.01. The summed E-state index contributed by atoms with van der Waals surface area (Å²) >= 11 is 0. The minimum atomic E-state index is 0.0775. The zero-order chi connectivity index (χ0) is 19.2. The van der Waals surface area contributed by atoms with Gasteiger partial charge in [0, 0.05) is 30.4 Å². The van der Waals surface area contributed by atoms with Crippen LogP contribution in [0.1, 0.15) is 43.0 Å². The molecule has 6 nitrogen and oxygen atoms in total. The van der Waals surface area contributed by atoms with Gasteiger partial charge in [-0.1, -0.05) is 6.92 Å². The molecule has 1 amide bonds. The van der Waals surface area contributed by atoms with Crippen LogP contribution in [-0.2, 0) is 0 Å². The molecule has 0 spiro atoms. The number of likely N-dealkylation sites (tertiary alicyclic amines) is 1. The van der Waals surface area contributed by atoms with Crippen LogP contribution in [0.25, 0.3) is 0 Å². The fourth-order valence-corrected chi connectivity index (χ4v) is 3.53. The number of carbonyl (C=O) groups excluding carboxylic acids is 1. The number of nitrogens with one attached hydrogen (secondary N) is 1. The number of carbonyl (C=O) groups is 1. The van der Waals surface area contributed by atoms with Crippen LogP contribution in [0.5, 0.6) is 11.5 Å². The summed E-state index contributed by atoms with van der Waals surface area (Å²) in [7, 11) is 3.22. The number of aromatic nitrogens is 1. The number of anilines is 2. The molecule has 1 aliphatic heterocycles. The molecule has 0 bridgehead atoms. The van der Waals surface area contributed by atoms with Crippen LogP contribution in [-0.4, -0.2) is 42.6 Å². The Morgan fingerprint density at radius 3 is 2.81 bits per heavy atom. The van der Waals surface area contributed by atoms with Crippen molar-refractivity contribution in [3.05, 3.63) is 42.1 Å². The van der Waals surface area contributed by atoms with Gasteiger partial charge < -0.3 is 19.7 Å². The molecule has 1 aliphatic rings. The van der Waals surface area contributed by atoms with Gasteiger partial charge in [0.05, 0.1) is 19.9 Å². The summed E-state index contributed by atoms with van der Waals surface area (Å²) in [5.41, 5.74) is 1.42. The number of piperidine rings is 1. The van der Waals surface area contributed by atoms with E-state index in [1.165, 1.54) is 6.42 Å². The largest absolute Gasteiger partial charge is 0.497 e. The van der Waals surface area contributed by atoms with Gasteiger partial charge in [0.25, 0.3) is 5.91 Å². The number of benzene rings is 1. The molecule has 27 heavy (non-hydrogen) atoms.